The van der Waals surface area contributed by atoms with Crippen LogP contribution in [0.2, 0.25) is 0 Å². The molecule has 0 unspecified atom stereocenters. The van der Waals surface area contributed by atoms with Crippen molar-refractivity contribution in [1.82, 2.24) is 4.90 Å². The van der Waals surface area contributed by atoms with E-state index in [2.05, 4.69) is 0 Å². The number of benzene rings is 1. The normalized spacial score (nSPS) is 10.7. The van der Waals surface area contributed by atoms with Gasteiger partial charge in [-0.2, -0.15) is 0 Å². The topological polar surface area (TPSA) is 46.3 Å². The van der Waals surface area contributed by atoms with Gasteiger partial charge in [-0.25, -0.2) is 8.78 Å². The number of carbonyl (C=O) groups excluding carboxylic acids is 1. The number of nitrogens with two attached hydrogens (primary N) is 1. The van der Waals surface area contributed by atoms with Crippen molar-refractivity contribution in [3.05, 3.63) is 29.3 Å². The number of halogens is 2. The number of amides is 1. The predicted octanol–water partition coefficient (Wildman–Crippen LogP) is 2.42. The molecular weight excluding hydrogens is 226 g/mol. The molecule has 0 saturated carbocycles. The van der Waals surface area contributed by atoms with Gasteiger partial charge in [-0.05, 0) is 32.9 Å². The highest BCUT2D eigenvalue weighted by atomic mass is 19.1. The Morgan fingerprint density at radius 2 is 1.82 bits per heavy atom. The Balaban J connectivity index is 3.12. The summed E-state index contributed by atoms with van der Waals surface area (Å²) in [6, 6.07) is 1.90. The molecule has 1 aromatic rings. The number of nitrogens with zero attached hydrogens (tertiary/aromatic N) is 1. The third-order valence-electron chi connectivity index (χ3n) is 2.55. The third kappa shape index (κ3) is 2.72. The van der Waals surface area contributed by atoms with E-state index < -0.39 is 23.2 Å². The summed E-state index contributed by atoms with van der Waals surface area (Å²) in [6.07, 6.45) is 0. The minimum absolute atomic E-state index is 0.0234. The molecule has 0 heterocycles. The molecule has 0 aliphatic carbocycles. The molecule has 17 heavy (non-hydrogen) atoms. The molecule has 2 N–H and O–H groups in total. The van der Waals surface area contributed by atoms with Crippen LogP contribution < -0.4 is 5.73 Å². The molecule has 94 valence electrons. The number of hydrogen-bond acceptors (Lipinski definition) is 2. The summed E-state index contributed by atoms with van der Waals surface area (Å²) in [6.45, 7) is 5.96. The Morgan fingerprint density at radius 1 is 1.35 bits per heavy atom. The molecule has 0 aliphatic rings. The van der Waals surface area contributed by atoms with Crippen LogP contribution in [0.3, 0.4) is 0 Å². The highest BCUT2D eigenvalue weighted by Crippen LogP contribution is 2.19. The van der Waals surface area contributed by atoms with Gasteiger partial charge in [0.05, 0.1) is 0 Å². The summed E-state index contributed by atoms with van der Waals surface area (Å²) in [5.41, 5.74) is 4.56. The molecule has 1 amide bonds. The third-order valence-corrected chi connectivity index (χ3v) is 2.55. The van der Waals surface area contributed by atoms with Crippen molar-refractivity contribution in [1.29, 1.82) is 0 Å². The first-order valence-corrected chi connectivity index (χ1v) is 5.44. The van der Waals surface area contributed by atoms with Gasteiger partial charge in [0.15, 0.2) is 0 Å². The van der Waals surface area contributed by atoms with Gasteiger partial charge in [0.25, 0.3) is 5.91 Å². The van der Waals surface area contributed by atoms with Gasteiger partial charge in [0, 0.05) is 18.2 Å². The second-order valence-corrected chi connectivity index (χ2v) is 4.04. The summed E-state index contributed by atoms with van der Waals surface area (Å²) in [7, 11) is 0. The molecule has 1 rings (SSSR count). The van der Waals surface area contributed by atoms with Gasteiger partial charge in [0.2, 0.25) is 0 Å². The standard InChI is InChI=1S/C12H16F2N2O/c1-4-16(7(2)3)12(17)8-5-9(13)11(15)10(14)6-8/h5-7H,4,15H2,1-3H3. The molecule has 0 radical (unpaired) electrons. The lowest BCUT2D eigenvalue weighted by Crippen LogP contribution is -2.36. The minimum atomic E-state index is -0.909. The lowest BCUT2D eigenvalue weighted by molar-refractivity contribution is 0.0716. The van der Waals surface area contributed by atoms with Crippen LogP contribution in [-0.2, 0) is 0 Å². The number of rotatable bonds is 3. The zero-order chi connectivity index (χ0) is 13.2. The Bertz CT molecular complexity index is 410. The minimum Gasteiger partial charge on any atom is -0.394 e. The van der Waals surface area contributed by atoms with E-state index in [1.807, 2.05) is 20.8 Å². The number of nitrogen functional groups attached to an aromatic ring is 1. The van der Waals surface area contributed by atoms with Gasteiger partial charge in [-0.1, -0.05) is 0 Å². The Labute approximate surface area is 99.2 Å². The fourth-order valence-electron chi connectivity index (χ4n) is 1.62. The monoisotopic (exact) mass is 242 g/mol. The van der Waals surface area contributed by atoms with Crippen molar-refractivity contribution in [2.75, 3.05) is 12.3 Å². The Kier molecular flexibility index (Phi) is 4.04. The van der Waals surface area contributed by atoms with Crippen molar-refractivity contribution >= 4 is 11.6 Å². The van der Waals surface area contributed by atoms with Gasteiger partial charge in [-0.3, -0.25) is 4.79 Å². The summed E-state index contributed by atoms with van der Waals surface area (Å²) in [4.78, 5) is 13.5. The predicted molar refractivity (Wildman–Crippen MR) is 62.6 cm³/mol. The molecule has 0 aromatic heterocycles. The Morgan fingerprint density at radius 3 is 2.18 bits per heavy atom. The molecule has 3 nitrogen and oxygen atoms in total. The highest BCUT2D eigenvalue weighted by Gasteiger charge is 2.19. The summed E-state index contributed by atoms with van der Waals surface area (Å²) >= 11 is 0. The first-order chi connectivity index (χ1) is 7.88. The van der Waals surface area contributed by atoms with Crippen LogP contribution >= 0.6 is 0 Å². The summed E-state index contributed by atoms with van der Waals surface area (Å²) in [5.74, 6) is -2.22. The highest BCUT2D eigenvalue weighted by molar-refractivity contribution is 5.94. The van der Waals surface area contributed by atoms with Crippen molar-refractivity contribution in [3.63, 3.8) is 0 Å². The van der Waals surface area contributed by atoms with Crippen molar-refractivity contribution in [3.8, 4) is 0 Å². The summed E-state index contributed by atoms with van der Waals surface area (Å²) < 4.78 is 26.5. The van der Waals surface area contributed by atoms with Gasteiger partial charge < -0.3 is 10.6 Å². The maximum Gasteiger partial charge on any atom is 0.254 e. The van der Waals surface area contributed by atoms with E-state index in [9.17, 15) is 13.6 Å². The van der Waals surface area contributed by atoms with E-state index in [1.165, 1.54) is 4.90 Å². The fraction of sp³-hybridized carbons (Fsp3) is 0.417. The largest absolute Gasteiger partial charge is 0.394 e. The van der Waals surface area contributed by atoms with Gasteiger partial charge in [0.1, 0.15) is 17.3 Å². The molecule has 1 aromatic carbocycles. The number of hydrogen-bond donors (Lipinski definition) is 1. The van der Waals surface area contributed by atoms with E-state index in [0.717, 1.165) is 12.1 Å². The zero-order valence-corrected chi connectivity index (χ0v) is 10.1. The molecule has 0 bridgehead atoms. The molecule has 0 spiro atoms. The second-order valence-electron chi connectivity index (χ2n) is 4.04. The number of anilines is 1. The maximum atomic E-state index is 13.2. The van der Waals surface area contributed by atoms with Crippen LogP contribution in [-0.4, -0.2) is 23.4 Å². The first kappa shape index (κ1) is 13.4. The quantitative estimate of drug-likeness (QED) is 0.827. The molecule has 0 saturated heterocycles. The van der Waals surface area contributed by atoms with E-state index in [4.69, 9.17) is 5.73 Å². The maximum absolute atomic E-state index is 13.2. The van der Waals surface area contributed by atoms with E-state index in [-0.39, 0.29) is 11.6 Å². The van der Waals surface area contributed by atoms with Crippen molar-refractivity contribution in [2.24, 2.45) is 0 Å². The van der Waals surface area contributed by atoms with Crippen LogP contribution in [0.5, 0.6) is 0 Å². The van der Waals surface area contributed by atoms with Crippen LogP contribution in [0, 0.1) is 11.6 Å². The number of carbonyl (C=O) groups is 1. The van der Waals surface area contributed by atoms with Gasteiger partial charge >= 0.3 is 0 Å². The smallest absolute Gasteiger partial charge is 0.254 e. The molecule has 0 aliphatic heterocycles. The van der Waals surface area contributed by atoms with Crippen molar-refractivity contribution < 1.29 is 13.6 Å². The zero-order valence-electron chi connectivity index (χ0n) is 10.1. The second kappa shape index (κ2) is 5.12. The van der Waals surface area contributed by atoms with E-state index >= 15 is 0 Å². The Hall–Kier alpha value is -1.65. The lowest BCUT2D eigenvalue weighted by atomic mass is 10.1. The van der Waals surface area contributed by atoms with Crippen LogP contribution in [0.1, 0.15) is 31.1 Å². The molecular formula is C12H16F2N2O. The molecule has 0 fully saturated rings. The SMILES string of the molecule is CCN(C(=O)c1cc(F)c(N)c(F)c1)C(C)C. The molecule has 5 heteroatoms. The van der Waals surface area contributed by atoms with E-state index in [0.29, 0.717) is 6.54 Å². The summed E-state index contributed by atoms with van der Waals surface area (Å²) in [5, 5.41) is 0. The average molecular weight is 242 g/mol. The molecule has 0 atom stereocenters. The van der Waals surface area contributed by atoms with Crippen molar-refractivity contribution in [2.45, 2.75) is 26.8 Å². The lowest BCUT2D eigenvalue weighted by Gasteiger charge is -2.25. The average Bonchev–Trinajstić information content (AvgIpc) is 2.25. The fourth-order valence-corrected chi connectivity index (χ4v) is 1.62. The first-order valence-electron chi connectivity index (χ1n) is 5.44. The van der Waals surface area contributed by atoms with Crippen LogP contribution in [0.4, 0.5) is 14.5 Å². The van der Waals surface area contributed by atoms with E-state index in [1.54, 1.807) is 0 Å². The van der Waals surface area contributed by atoms with Crippen LogP contribution in [0.15, 0.2) is 12.1 Å². The van der Waals surface area contributed by atoms with Gasteiger partial charge in [-0.15, -0.1) is 0 Å². The van der Waals surface area contributed by atoms with Crippen LogP contribution in [0.25, 0.3) is 0 Å².